The molecule has 0 fully saturated rings. The van der Waals surface area contributed by atoms with Crippen molar-refractivity contribution in [2.24, 2.45) is 0 Å². The molecule has 0 saturated heterocycles. The molecule has 4 nitrogen and oxygen atoms in total. The summed E-state index contributed by atoms with van der Waals surface area (Å²) >= 11 is 0. The molecule has 0 bridgehead atoms. The van der Waals surface area contributed by atoms with Gasteiger partial charge in [-0.3, -0.25) is 9.59 Å². The van der Waals surface area contributed by atoms with Crippen LogP contribution in [-0.4, -0.2) is 24.0 Å². The van der Waals surface area contributed by atoms with Gasteiger partial charge in [0.1, 0.15) is 12.2 Å². The van der Waals surface area contributed by atoms with Crippen LogP contribution in [0.5, 0.6) is 5.75 Å². The average Bonchev–Trinajstić information content (AvgIpc) is 2.29. The van der Waals surface area contributed by atoms with Crippen LogP contribution in [0, 0.1) is 11.8 Å². The van der Waals surface area contributed by atoms with Gasteiger partial charge in [-0.1, -0.05) is 17.9 Å². The van der Waals surface area contributed by atoms with E-state index in [0.29, 0.717) is 18.5 Å². The summed E-state index contributed by atoms with van der Waals surface area (Å²) in [4.78, 5) is 21.7. The monoisotopic (exact) mass is 232 g/mol. The molecule has 0 unspecified atom stereocenters. The maximum atomic E-state index is 11.0. The van der Waals surface area contributed by atoms with Crippen LogP contribution in [-0.2, 0) is 9.53 Å². The lowest BCUT2D eigenvalue weighted by Gasteiger charge is -1.99. The Morgan fingerprint density at radius 2 is 2.29 bits per heavy atom. The van der Waals surface area contributed by atoms with Crippen LogP contribution in [0.1, 0.15) is 29.3 Å². The fourth-order valence-electron chi connectivity index (χ4n) is 1.21. The molecule has 0 aromatic heterocycles. The van der Waals surface area contributed by atoms with Crippen LogP contribution in [0.25, 0.3) is 0 Å². The van der Waals surface area contributed by atoms with Crippen molar-refractivity contribution in [3.05, 3.63) is 29.3 Å². The van der Waals surface area contributed by atoms with Crippen molar-refractivity contribution < 1.29 is 19.4 Å². The Kier molecular flexibility index (Phi) is 4.77. The fraction of sp³-hybridized carbons (Fsp3) is 0.231. The molecule has 1 aromatic rings. The SMILES string of the molecule is CCOC(=O)CC#Cc1cccc(O)c1C=O. The van der Waals surface area contributed by atoms with E-state index < -0.39 is 5.97 Å². The Morgan fingerprint density at radius 1 is 1.53 bits per heavy atom. The summed E-state index contributed by atoms with van der Waals surface area (Å²) in [6.45, 7) is 2.03. The van der Waals surface area contributed by atoms with Gasteiger partial charge in [-0.25, -0.2) is 0 Å². The number of phenols is 1. The standard InChI is InChI=1S/C13H12O4/c1-2-17-13(16)8-4-6-10-5-3-7-12(15)11(10)9-14/h3,5,7,9,15H,2,8H2,1H3. The first kappa shape index (κ1) is 12.8. The molecule has 0 spiro atoms. The second kappa shape index (κ2) is 6.33. The Labute approximate surface area is 99.2 Å². The molecular formula is C13H12O4. The van der Waals surface area contributed by atoms with Gasteiger partial charge >= 0.3 is 5.97 Å². The normalized spacial score (nSPS) is 9.00. The quantitative estimate of drug-likeness (QED) is 0.487. The molecule has 1 rings (SSSR count). The summed E-state index contributed by atoms with van der Waals surface area (Å²) in [7, 11) is 0. The predicted octanol–water partition coefficient (Wildman–Crippen LogP) is 1.51. The molecule has 0 aliphatic carbocycles. The van der Waals surface area contributed by atoms with Gasteiger partial charge in [-0.05, 0) is 19.1 Å². The topological polar surface area (TPSA) is 63.6 Å². The van der Waals surface area contributed by atoms with E-state index in [0.717, 1.165) is 0 Å². The Morgan fingerprint density at radius 3 is 2.94 bits per heavy atom. The maximum Gasteiger partial charge on any atom is 0.317 e. The van der Waals surface area contributed by atoms with E-state index in [4.69, 9.17) is 4.74 Å². The summed E-state index contributed by atoms with van der Waals surface area (Å²) in [6.07, 6.45) is 0.492. The first-order valence-electron chi connectivity index (χ1n) is 5.10. The molecule has 1 aromatic carbocycles. The van der Waals surface area contributed by atoms with E-state index in [1.165, 1.54) is 6.07 Å². The van der Waals surface area contributed by atoms with E-state index in [9.17, 15) is 14.7 Å². The molecule has 17 heavy (non-hydrogen) atoms. The van der Waals surface area contributed by atoms with Gasteiger partial charge in [0, 0.05) is 5.56 Å². The average molecular weight is 232 g/mol. The van der Waals surface area contributed by atoms with Gasteiger partial charge in [0.05, 0.1) is 12.2 Å². The smallest absolute Gasteiger partial charge is 0.317 e. The molecule has 0 atom stereocenters. The van der Waals surface area contributed by atoms with Crippen LogP contribution in [0.15, 0.2) is 18.2 Å². The van der Waals surface area contributed by atoms with Crippen molar-refractivity contribution in [3.8, 4) is 17.6 Å². The van der Waals surface area contributed by atoms with Crippen LogP contribution in [0.3, 0.4) is 0 Å². The molecule has 1 N–H and O–H groups in total. The molecule has 88 valence electrons. The number of ether oxygens (including phenoxy) is 1. The first-order valence-corrected chi connectivity index (χ1v) is 5.10. The van der Waals surface area contributed by atoms with Crippen LogP contribution < -0.4 is 0 Å². The van der Waals surface area contributed by atoms with Gasteiger partial charge < -0.3 is 9.84 Å². The van der Waals surface area contributed by atoms with E-state index in [1.54, 1.807) is 19.1 Å². The minimum atomic E-state index is -0.409. The molecule has 0 aliphatic rings. The second-order valence-electron chi connectivity index (χ2n) is 3.14. The number of phenolic OH excluding ortho intramolecular Hbond substituents is 1. The molecule has 4 heteroatoms. The van der Waals surface area contributed by atoms with Gasteiger partial charge in [-0.2, -0.15) is 0 Å². The largest absolute Gasteiger partial charge is 0.507 e. The highest BCUT2D eigenvalue weighted by molar-refractivity contribution is 5.83. The van der Waals surface area contributed by atoms with E-state index in [1.807, 2.05) is 0 Å². The molecule has 0 saturated carbocycles. The number of rotatable bonds is 3. The van der Waals surface area contributed by atoms with Gasteiger partial charge in [0.15, 0.2) is 6.29 Å². The van der Waals surface area contributed by atoms with Gasteiger partial charge in [0.2, 0.25) is 0 Å². The number of benzene rings is 1. The minimum Gasteiger partial charge on any atom is -0.507 e. The van der Waals surface area contributed by atoms with Gasteiger partial charge in [-0.15, -0.1) is 0 Å². The Hall–Kier alpha value is -2.28. The number of hydrogen-bond acceptors (Lipinski definition) is 4. The number of carbonyl (C=O) groups excluding carboxylic acids is 2. The third kappa shape index (κ3) is 3.65. The number of aromatic hydroxyl groups is 1. The zero-order chi connectivity index (χ0) is 12.7. The van der Waals surface area contributed by atoms with Crippen molar-refractivity contribution in [1.82, 2.24) is 0 Å². The lowest BCUT2D eigenvalue weighted by Crippen LogP contribution is -2.01. The number of esters is 1. The molecule has 0 heterocycles. The predicted molar refractivity (Wildman–Crippen MR) is 61.6 cm³/mol. The molecular weight excluding hydrogens is 220 g/mol. The summed E-state index contributed by atoms with van der Waals surface area (Å²) in [5, 5.41) is 9.39. The summed E-state index contributed by atoms with van der Waals surface area (Å²) < 4.78 is 4.70. The molecule has 0 aliphatic heterocycles. The minimum absolute atomic E-state index is 0.0399. The number of hydrogen-bond donors (Lipinski definition) is 1. The van der Waals surface area contributed by atoms with Gasteiger partial charge in [0.25, 0.3) is 0 Å². The van der Waals surface area contributed by atoms with Crippen molar-refractivity contribution in [2.75, 3.05) is 6.61 Å². The van der Waals surface area contributed by atoms with Crippen LogP contribution in [0.4, 0.5) is 0 Å². The third-order valence-electron chi connectivity index (χ3n) is 1.96. The number of carbonyl (C=O) groups is 2. The highest BCUT2D eigenvalue weighted by atomic mass is 16.5. The van der Waals surface area contributed by atoms with E-state index >= 15 is 0 Å². The van der Waals surface area contributed by atoms with E-state index in [2.05, 4.69) is 11.8 Å². The van der Waals surface area contributed by atoms with Crippen molar-refractivity contribution in [1.29, 1.82) is 0 Å². The van der Waals surface area contributed by atoms with Crippen LogP contribution >= 0.6 is 0 Å². The van der Waals surface area contributed by atoms with Crippen molar-refractivity contribution in [3.63, 3.8) is 0 Å². The molecule has 0 amide bonds. The van der Waals surface area contributed by atoms with E-state index in [-0.39, 0.29) is 17.7 Å². The summed E-state index contributed by atoms with van der Waals surface area (Å²) in [5.41, 5.74) is 0.521. The maximum absolute atomic E-state index is 11.0. The van der Waals surface area contributed by atoms with Crippen molar-refractivity contribution >= 4 is 12.3 Å². The summed E-state index contributed by atoms with van der Waals surface area (Å²) in [6, 6.07) is 4.58. The lowest BCUT2D eigenvalue weighted by molar-refractivity contribution is -0.141. The zero-order valence-electron chi connectivity index (χ0n) is 9.40. The zero-order valence-corrected chi connectivity index (χ0v) is 9.40. The number of aldehydes is 1. The Balaban J connectivity index is 2.82. The third-order valence-corrected chi connectivity index (χ3v) is 1.96. The van der Waals surface area contributed by atoms with Crippen LogP contribution in [0.2, 0.25) is 0 Å². The summed E-state index contributed by atoms with van der Waals surface area (Å²) in [5.74, 6) is 4.71. The highest BCUT2D eigenvalue weighted by Crippen LogP contribution is 2.17. The van der Waals surface area contributed by atoms with Crippen molar-refractivity contribution in [2.45, 2.75) is 13.3 Å². The second-order valence-corrected chi connectivity index (χ2v) is 3.14. The lowest BCUT2D eigenvalue weighted by atomic mass is 10.1. The fourth-order valence-corrected chi connectivity index (χ4v) is 1.21. The Bertz CT molecular complexity index is 480. The highest BCUT2D eigenvalue weighted by Gasteiger charge is 2.04. The first-order chi connectivity index (χ1) is 8.19. The molecule has 0 radical (unpaired) electrons.